The van der Waals surface area contributed by atoms with E-state index < -0.39 is 29.0 Å². The minimum atomic E-state index is -1.16. The summed E-state index contributed by atoms with van der Waals surface area (Å²) in [5.74, 6) is -2.61. The van der Waals surface area contributed by atoms with Crippen molar-refractivity contribution in [2.24, 2.45) is 0 Å². The number of fused-ring (bicyclic) bond motifs is 1. The average molecular weight is 512 g/mol. The summed E-state index contributed by atoms with van der Waals surface area (Å²) in [6, 6.07) is 12.2. The summed E-state index contributed by atoms with van der Waals surface area (Å²) in [6.07, 6.45) is -0.597. The summed E-state index contributed by atoms with van der Waals surface area (Å²) in [5, 5.41) is 15.0. The zero-order valence-electron chi connectivity index (χ0n) is 20.3. The molecular weight excluding hydrogens is 486 g/mol. The number of carbonyl (C=O) groups excluding carboxylic acids is 2. The lowest BCUT2D eigenvalue weighted by Crippen LogP contribution is -2.37. The fraction of sp³-hybridized carbons (Fsp3) is 0.308. The fourth-order valence-corrected chi connectivity index (χ4v) is 5.09. The van der Waals surface area contributed by atoms with E-state index in [9.17, 15) is 19.7 Å². The van der Waals surface area contributed by atoms with Crippen LogP contribution in [0.4, 0.5) is 5.69 Å². The van der Waals surface area contributed by atoms with Gasteiger partial charge in [-0.15, -0.1) is 0 Å². The number of nitro groups is 1. The number of dihydropyridines is 1. The van der Waals surface area contributed by atoms with Gasteiger partial charge in [-0.1, -0.05) is 41.9 Å². The predicted molar refractivity (Wildman–Crippen MR) is 133 cm³/mol. The van der Waals surface area contributed by atoms with E-state index in [2.05, 4.69) is 5.32 Å². The number of hydrogen-bond donors (Lipinski definition) is 1. The van der Waals surface area contributed by atoms with E-state index in [1.807, 2.05) is 29.2 Å². The number of nitro benzene ring substituents is 1. The number of benzene rings is 2. The van der Waals surface area contributed by atoms with Crippen molar-refractivity contribution in [1.29, 1.82) is 0 Å². The van der Waals surface area contributed by atoms with Crippen molar-refractivity contribution in [2.75, 3.05) is 7.11 Å². The SMILES string of the molecule is COC(=O)C1=C(C)NC(C)=C(C(=O)OC(C)N2Cc3ccccc3C2)C1c1c(Cl)cccc1[N+](=O)[O-]. The van der Waals surface area contributed by atoms with E-state index in [4.69, 9.17) is 21.1 Å². The Morgan fingerprint density at radius 2 is 1.64 bits per heavy atom. The van der Waals surface area contributed by atoms with Gasteiger partial charge in [0.15, 0.2) is 6.23 Å². The van der Waals surface area contributed by atoms with E-state index in [0.29, 0.717) is 24.5 Å². The lowest BCUT2D eigenvalue weighted by Gasteiger charge is -2.32. The van der Waals surface area contributed by atoms with Crippen LogP contribution in [0.1, 0.15) is 43.4 Å². The van der Waals surface area contributed by atoms with Crippen molar-refractivity contribution in [3.8, 4) is 0 Å². The minimum absolute atomic E-state index is 0.0259. The molecule has 9 nitrogen and oxygen atoms in total. The van der Waals surface area contributed by atoms with E-state index in [1.165, 1.54) is 25.3 Å². The Balaban J connectivity index is 1.74. The second-order valence-corrected chi connectivity index (χ2v) is 9.14. The topological polar surface area (TPSA) is 111 Å². The number of nitrogens with zero attached hydrogens (tertiary/aromatic N) is 2. The first-order chi connectivity index (χ1) is 17.1. The molecule has 36 heavy (non-hydrogen) atoms. The molecule has 0 aromatic heterocycles. The smallest absolute Gasteiger partial charge is 0.338 e. The third-order valence-corrected chi connectivity index (χ3v) is 6.89. The zero-order chi connectivity index (χ0) is 26.1. The molecular formula is C26H26ClN3O6. The van der Waals surface area contributed by atoms with Crippen LogP contribution in [0, 0.1) is 10.1 Å². The van der Waals surface area contributed by atoms with E-state index in [1.54, 1.807) is 20.8 Å². The normalized spacial score (nSPS) is 18.4. The lowest BCUT2D eigenvalue weighted by atomic mass is 9.79. The number of esters is 2. The van der Waals surface area contributed by atoms with Gasteiger partial charge in [0.2, 0.25) is 0 Å². The number of hydrogen-bond acceptors (Lipinski definition) is 8. The molecule has 2 atom stereocenters. The number of allylic oxidation sites excluding steroid dienone is 2. The molecule has 188 valence electrons. The highest BCUT2D eigenvalue weighted by Gasteiger charge is 2.42. The van der Waals surface area contributed by atoms with Crippen molar-refractivity contribution in [3.05, 3.63) is 96.8 Å². The summed E-state index contributed by atoms with van der Waals surface area (Å²) in [4.78, 5) is 39.9. The monoisotopic (exact) mass is 511 g/mol. The van der Waals surface area contributed by atoms with Crippen LogP contribution in [0.15, 0.2) is 65.0 Å². The van der Waals surface area contributed by atoms with Crippen molar-refractivity contribution in [3.63, 3.8) is 0 Å². The highest BCUT2D eigenvalue weighted by molar-refractivity contribution is 6.32. The van der Waals surface area contributed by atoms with E-state index in [0.717, 1.165) is 11.1 Å². The van der Waals surface area contributed by atoms with Gasteiger partial charge in [-0.2, -0.15) is 0 Å². The highest BCUT2D eigenvalue weighted by Crippen LogP contribution is 2.45. The molecule has 0 aliphatic carbocycles. The maximum absolute atomic E-state index is 13.7. The number of ether oxygens (including phenoxy) is 2. The van der Waals surface area contributed by atoms with Gasteiger partial charge in [0.05, 0.1) is 39.7 Å². The molecule has 2 aliphatic heterocycles. The van der Waals surface area contributed by atoms with E-state index in [-0.39, 0.29) is 27.4 Å². The van der Waals surface area contributed by atoms with Crippen molar-refractivity contribution >= 4 is 29.2 Å². The van der Waals surface area contributed by atoms with Crippen LogP contribution in [-0.2, 0) is 32.2 Å². The quantitative estimate of drug-likeness (QED) is 0.341. The molecule has 0 spiro atoms. The third-order valence-electron chi connectivity index (χ3n) is 6.56. The molecule has 2 unspecified atom stereocenters. The number of halogens is 1. The molecule has 0 saturated heterocycles. The molecule has 2 aliphatic rings. The number of methoxy groups -OCH3 is 1. The molecule has 0 saturated carbocycles. The number of rotatable bonds is 6. The summed E-state index contributed by atoms with van der Waals surface area (Å²) in [5.41, 5.74) is 2.94. The first kappa shape index (κ1) is 25.4. The van der Waals surface area contributed by atoms with Crippen LogP contribution in [0.3, 0.4) is 0 Å². The van der Waals surface area contributed by atoms with Crippen LogP contribution in [-0.4, -0.2) is 35.1 Å². The van der Waals surface area contributed by atoms with Crippen LogP contribution in [0.5, 0.6) is 0 Å². The van der Waals surface area contributed by atoms with Crippen LogP contribution < -0.4 is 5.32 Å². The van der Waals surface area contributed by atoms with Crippen molar-refractivity contribution in [2.45, 2.75) is 46.0 Å². The second-order valence-electron chi connectivity index (χ2n) is 8.74. The number of nitrogens with one attached hydrogen (secondary N) is 1. The first-order valence-corrected chi connectivity index (χ1v) is 11.7. The second kappa shape index (κ2) is 10.1. The Bertz CT molecular complexity index is 1290. The van der Waals surface area contributed by atoms with Crippen LogP contribution in [0.25, 0.3) is 0 Å². The van der Waals surface area contributed by atoms with Crippen LogP contribution >= 0.6 is 11.6 Å². The molecule has 0 radical (unpaired) electrons. The molecule has 10 heteroatoms. The van der Waals surface area contributed by atoms with Gasteiger partial charge in [-0.05, 0) is 38.0 Å². The summed E-state index contributed by atoms with van der Waals surface area (Å²) < 4.78 is 10.8. The lowest BCUT2D eigenvalue weighted by molar-refractivity contribution is -0.385. The van der Waals surface area contributed by atoms with E-state index >= 15 is 0 Å². The zero-order valence-corrected chi connectivity index (χ0v) is 21.1. The standard InChI is InChI=1S/C26H26ClN3O6/c1-14-21(25(31)35-4)24(23-19(27)10-7-11-20(23)30(33)34)22(15(2)28-14)26(32)36-16(3)29-12-17-8-5-6-9-18(17)13-29/h5-11,16,24,28H,12-13H2,1-4H3. The molecule has 2 heterocycles. The van der Waals surface area contributed by atoms with Crippen LogP contribution in [0.2, 0.25) is 5.02 Å². The summed E-state index contributed by atoms with van der Waals surface area (Å²) in [6.45, 7) is 6.29. The van der Waals surface area contributed by atoms with Gasteiger partial charge >= 0.3 is 11.9 Å². The van der Waals surface area contributed by atoms with Gasteiger partial charge in [-0.25, -0.2) is 9.59 Å². The molecule has 4 rings (SSSR count). The first-order valence-electron chi connectivity index (χ1n) is 11.4. The Morgan fingerprint density at radius 1 is 1.06 bits per heavy atom. The Hall–Kier alpha value is -3.69. The maximum Gasteiger partial charge on any atom is 0.338 e. The van der Waals surface area contributed by atoms with Gasteiger partial charge in [0.1, 0.15) is 0 Å². The Labute approximate surface area is 213 Å². The molecule has 2 aromatic rings. The molecule has 1 N–H and O–H groups in total. The van der Waals surface area contributed by atoms with Gasteiger partial charge in [0.25, 0.3) is 5.69 Å². The average Bonchev–Trinajstić information content (AvgIpc) is 3.27. The van der Waals surface area contributed by atoms with Crippen molar-refractivity contribution < 1.29 is 24.0 Å². The molecule has 2 aromatic carbocycles. The minimum Gasteiger partial charge on any atom is -0.466 e. The molecule has 0 bridgehead atoms. The van der Waals surface area contributed by atoms with Gasteiger partial charge in [-0.3, -0.25) is 15.0 Å². The highest BCUT2D eigenvalue weighted by atomic mass is 35.5. The summed E-state index contributed by atoms with van der Waals surface area (Å²) in [7, 11) is 1.21. The van der Waals surface area contributed by atoms with Crippen molar-refractivity contribution in [1.82, 2.24) is 10.2 Å². The van der Waals surface area contributed by atoms with Gasteiger partial charge in [0, 0.05) is 30.5 Å². The Kier molecular flexibility index (Phi) is 7.14. The maximum atomic E-state index is 13.7. The predicted octanol–water partition coefficient (Wildman–Crippen LogP) is 4.56. The molecule has 0 amide bonds. The number of carbonyl (C=O) groups is 2. The van der Waals surface area contributed by atoms with Gasteiger partial charge < -0.3 is 14.8 Å². The Morgan fingerprint density at radius 3 is 2.19 bits per heavy atom. The fourth-order valence-electron chi connectivity index (χ4n) is 4.81. The molecule has 0 fully saturated rings. The summed E-state index contributed by atoms with van der Waals surface area (Å²) >= 11 is 6.46. The largest absolute Gasteiger partial charge is 0.466 e. The third kappa shape index (κ3) is 4.59.